The van der Waals surface area contributed by atoms with Crippen molar-refractivity contribution < 1.29 is 5.11 Å². The van der Waals surface area contributed by atoms with E-state index in [4.69, 9.17) is 0 Å². The van der Waals surface area contributed by atoms with Crippen LogP contribution >= 0.6 is 0 Å². The molecule has 2 atom stereocenters. The summed E-state index contributed by atoms with van der Waals surface area (Å²) in [6.07, 6.45) is 7.64. The highest BCUT2D eigenvalue weighted by molar-refractivity contribution is 5.85. The van der Waals surface area contributed by atoms with Crippen LogP contribution in [-0.2, 0) is 6.42 Å². The fourth-order valence-electron chi connectivity index (χ4n) is 4.70. The maximum Gasteiger partial charge on any atom is 0.138 e. The number of hydrogen-bond acceptors (Lipinski definition) is 5. The molecule has 0 radical (unpaired) electrons. The molecule has 1 aliphatic heterocycles. The molecule has 0 aliphatic carbocycles. The van der Waals surface area contributed by atoms with Crippen LogP contribution in [0.5, 0.6) is 0 Å². The molecular formula is C25H30N6O. The summed E-state index contributed by atoms with van der Waals surface area (Å²) in [5.74, 6) is 0.620. The Bertz CT molecular complexity index is 1120. The molecule has 7 heteroatoms. The van der Waals surface area contributed by atoms with Gasteiger partial charge in [0.2, 0.25) is 0 Å². The zero-order valence-electron chi connectivity index (χ0n) is 18.2. The van der Waals surface area contributed by atoms with Crippen LogP contribution in [0.3, 0.4) is 0 Å². The van der Waals surface area contributed by atoms with E-state index in [0.29, 0.717) is 5.92 Å². The van der Waals surface area contributed by atoms with Gasteiger partial charge in [0.25, 0.3) is 0 Å². The molecule has 0 bridgehead atoms. The highest BCUT2D eigenvalue weighted by Gasteiger charge is 2.23. The van der Waals surface area contributed by atoms with Crippen molar-refractivity contribution in [3.63, 3.8) is 0 Å². The SMILES string of the molecule is OCC(NC[C@@H]1CCN(CCc2c[nH]c3ccc(-n4cncn4)cc23)C1)c1ccccc1. The van der Waals surface area contributed by atoms with Gasteiger partial charge in [-0.2, -0.15) is 5.10 Å². The monoisotopic (exact) mass is 430 g/mol. The van der Waals surface area contributed by atoms with Gasteiger partial charge in [-0.3, -0.25) is 0 Å². The van der Waals surface area contributed by atoms with Crippen molar-refractivity contribution in [3.8, 4) is 5.69 Å². The first-order valence-corrected chi connectivity index (χ1v) is 11.4. The zero-order valence-corrected chi connectivity index (χ0v) is 18.2. The standard InChI is InChI=1S/C25H30N6O/c32-16-25(20-4-2-1-3-5-20)27-13-19-8-10-30(15-19)11-9-21-14-28-24-7-6-22(12-23(21)24)31-18-26-17-29-31/h1-7,12,14,17-19,25,27-28,32H,8-11,13,15-16H2/t19-,25?/m0/s1. The predicted octanol–water partition coefficient (Wildman–Crippen LogP) is 2.94. The number of aliphatic hydroxyl groups excluding tert-OH is 1. The van der Waals surface area contributed by atoms with Crippen molar-refractivity contribution in [2.75, 3.05) is 32.8 Å². The van der Waals surface area contributed by atoms with E-state index in [9.17, 15) is 5.11 Å². The minimum absolute atomic E-state index is 0.00986. The van der Waals surface area contributed by atoms with Gasteiger partial charge < -0.3 is 20.3 Å². The van der Waals surface area contributed by atoms with Crippen molar-refractivity contribution in [2.24, 2.45) is 5.92 Å². The second-order valence-corrected chi connectivity index (χ2v) is 8.64. The molecular weight excluding hydrogens is 400 g/mol. The smallest absolute Gasteiger partial charge is 0.138 e. The van der Waals surface area contributed by atoms with Crippen LogP contribution in [0.1, 0.15) is 23.6 Å². The number of fused-ring (bicyclic) bond motifs is 1. The van der Waals surface area contributed by atoms with Crippen LogP contribution < -0.4 is 5.32 Å². The van der Waals surface area contributed by atoms with Crippen molar-refractivity contribution in [1.29, 1.82) is 0 Å². The quantitative estimate of drug-likeness (QED) is 0.380. The molecule has 166 valence electrons. The molecule has 5 rings (SSSR count). The van der Waals surface area contributed by atoms with Gasteiger partial charge in [0.15, 0.2) is 0 Å². The number of nitrogens with zero attached hydrogens (tertiary/aromatic N) is 4. The second kappa shape index (κ2) is 9.65. The summed E-state index contributed by atoms with van der Waals surface area (Å²) in [5.41, 5.74) is 4.67. The first-order chi connectivity index (χ1) is 15.8. The molecule has 7 nitrogen and oxygen atoms in total. The summed E-state index contributed by atoms with van der Waals surface area (Å²) in [4.78, 5) is 10.0. The largest absolute Gasteiger partial charge is 0.394 e. The molecule has 0 spiro atoms. The number of benzene rings is 2. The third-order valence-corrected chi connectivity index (χ3v) is 6.54. The summed E-state index contributed by atoms with van der Waals surface area (Å²) < 4.78 is 1.80. The van der Waals surface area contributed by atoms with Crippen molar-refractivity contribution in [1.82, 2.24) is 30.0 Å². The number of hydrogen-bond donors (Lipinski definition) is 3. The van der Waals surface area contributed by atoms with Gasteiger partial charge in [-0.25, -0.2) is 9.67 Å². The highest BCUT2D eigenvalue weighted by Crippen LogP contribution is 2.23. The average molecular weight is 431 g/mol. The summed E-state index contributed by atoms with van der Waals surface area (Å²) in [5, 5.41) is 18.8. The Hall–Kier alpha value is -3.00. The van der Waals surface area contributed by atoms with Gasteiger partial charge >= 0.3 is 0 Å². The van der Waals surface area contributed by atoms with Crippen LogP contribution in [0.25, 0.3) is 16.6 Å². The number of aliphatic hydroxyl groups is 1. The van der Waals surface area contributed by atoms with E-state index < -0.39 is 0 Å². The van der Waals surface area contributed by atoms with E-state index in [1.54, 1.807) is 17.3 Å². The number of rotatable bonds is 9. The molecule has 1 fully saturated rings. The maximum atomic E-state index is 9.78. The Balaban J connectivity index is 1.15. The number of H-pyrrole nitrogens is 1. The van der Waals surface area contributed by atoms with Gasteiger partial charge in [-0.1, -0.05) is 30.3 Å². The Kier molecular flexibility index (Phi) is 6.29. The Morgan fingerprint density at radius 1 is 1.19 bits per heavy atom. The van der Waals surface area contributed by atoms with Gasteiger partial charge in [0.05, 0.1) is 18.3 Å². The van der Waals surface area contributed by atoms with Crippen LogP contribution in [0.2, 0.25) is 0 Å². The maximum absolute atomic E-state index is 9.78. The Morgan fingerprint density at radius 2 is 2.09 bits per heavy atom. The first kappa shape index (κ1) is 20.9. The van der Waals surface area contributed by atoms with Crippen molar-refractivity contribution >= 4 is 10.9 Å². The van der Waals surface area contributed by atoms with E-state index in [1.165, 1.54) is 17.4 Å². The normalized spacial score (nSPS) is 17.8. The Morgan fingerprint density at radius 3 is 2.91 bits per heavy atom. The molecule has 0 saturated carbocycles. The van der Waals surface area contributed by atoms with Crippen LogP contribution in [0.4, 0.5) is 0 Å². The van der Waals surface area contributed by atoms with Gasteiger partial charge in [-0.05, 0) is 61.2 Å². The molecule has 1 unspecified atom stereocenters. The lowest BCUT2D eigenvalue weighted by molar-refractivity contribution is 0.237. The second-order valence-electron chi connectivity index (χ2n) is 8.64. The van der Waals surface area contributed by atoms with Crippen molar-refractivity contribution in [2.45, 2.75) is 18.9 Å². The van der Waals surface area contributed by atoms with E-state index >= 15 is 0 Å². The molecule has 2 aromatic carbocycles. The Labute approximate surface area is 188 Å². The van der Waals surface area contributed by atoms with E-state index in [-0.39, 0.29) is 12.6 Å². The fourth-order valence-corrected chi connectivity index (χ4v) is 4.70. The third kappa shape index (κ3) is 4.60. The molecule has 1 saturated heterocycles. The summed E-state index contributed by atoms with van der Waals surface area (Å²) >= 11 is 0. The minimum atomic E-state index is 0.00986. The topological polar surface area (TPSA) is 82.0 Å². The lowest BCUT2D eigenvalue weighted by Gasteiger charge is -2.20. The first-order valence-electron chi connectivity index (χ1n) is 11.4. The zero-order chi connectivity index (χ0) is 21.8. The minimum Gasteiger partial charge on any atom is -0.394 e. The number of likely N-dealkylation sites (tertiary alicyclic amines) is 1. The third-order valence-electron chi connectivity index (χ3n) is 6.54. The average Bonchev–Trinajstić information content (AvgIpc) is 3.60. The summed E-state index contributed by atoms with van der Waals surface area (Å²) in [6.45, 7) is 4.35. The van der Waals surface area contributed by atoms with Crippen LogP contribution in [0.15, 0.2) is 67.4 Å². The van der Waals surface area contributed by atoms with Gasteiger partial charge in [0.1, 0.15) is 12.7 Å². The van der Waals surface area contributed by atoms with Crippen molar-refractivity contribution in [3.05, 3.63) is 78.5 Å². The molecule has 1 aliphatic rings. The van der Waals surface area contributed by atoms with Gasteiger partial charge in [0, 0.05) is 30.2 Å². The highest BCUT2D eigenvalue weighted by atomic mass is 16.3. The fraction of sp³-hybridized carbons (Fsp3) is 0.360. The molecule has 3 heterocycles. The predicted molar refractivity (Wildman–Crippen MR) is 126 cm³/mol. The summed E-state index contributed by atoms with van der Waals surface area (Å²) in [6, 6.07) is 16.6. The van der Waals surface area contributed by atoms with E-state index in [0.717, 1.165) is 49.4 Å². The lowest BCUT2D eigenvalue weighted by Crippen LogP contribution is -2.31. The molecule has 2 aromatic heterocycles. The molecule has 3 N–H and O–H groups in total. The number of aromatic amines is 1. The van der Waals surface area contributed by atoms with E-state index in [1.807, 2.05) is 18.2 Å². The number of nitrogens with one attached hydrogen (secondary N) is 2. The van der Waals surface area contributed by atoms with Gasteiger partial charge in [-0.15, -0.1) is 0 Å². The van der Waals surface area contributed by atoms with E-state index in [2.05, 4.69) is 61.8 Å². The van der Waals surface area contributed by atoms with Crippen LogP contribution in [-0.4, -0.2) is 62.5 Å². The molecule has 4 aromatic rings. The lowest BCUT2D eigenvalue weighted by atomic mass is 10.1. The number of aromatic nitrogens is 4. The molecule has 32 heavy (non-hydrogen) atoms. The summed E-state index contributed by atoms with van der Waals surface area (Å²) in [7, 11) is 0. The molecule has 0 amide bonds. The van der Waals surface area contributed by atoms with Crippen LogP contribution in [0, 0.1) is 5.92 Å².